The van der Waals surface area contributed by atoms with E-state index in [-0.39, 0.29) is 11.0 Å². The van der Waals surface area contributed by atoms with Gasteiger partial charge in [0.1, 0.15) is 0 Å². The first-order valence-electron chi connectivity index (χ1n) is 2.83. The maximum atomic E-state index is 5.69. The van der Waals surface area contributed by atoms with E-state index in [1.807, 2.05) is 0 Å². The third kappa shape index (κ3) is 3.13. The molecule has 0 radical (unpaired) electrons. The summed E-state index contributed by atoms with van der Waals surface area (Å²) in [5, 5.41) is 0.527. The summed E-state index contributed by atoms with van der Waals surface area (Å²) in [4.78, 5) is 0. The SMILES string of the molecule is [B+2]c1ccc(OC)cc1Cl.[OH-].[OH-]. The van der Waals surface area contributed by atoms with Gasteiger partial charge in [0.2, 0.25) is 0 Å². The molecule has 2 N–H and O–H groups in total. The zero-order chi connectivity index (χ0) is 7.56. The van der Waals surface area contributed by atoms with Crippen molar-refractivity contribution in [3.8, 4) is 5.75 Å². The van der Waals surface area contributed by atoms with Gasteiger partial charge in [-0.1, -0.05) is 0 Å². The van der Waals surface area contributed by atoms with Crippen LogP contribution in [0.25, 0.3) is 0 Å². The average molecular weight is 186 g/mol. The standard InChI is InChI=1S/C7H6BClO.2H2O/c1-10-5-2-3-6(8)7(9)4-5;;/h2-4H,1H3;2*1H2/q+2;;/p-2. The van der Waals surface area contributed by atoms with E-state index in [0.717, 1.165) is 5.75 Å². The van der Waals surface area contributed by atoms with Crippen molar-refractivity contribution in [3.63, 3.8) is 0 Å². The van der Waals surface area contributed by atoms with Crippen molar-refractivity contribution < 1.29 is 15.7 Å². The van der Waals surface area contributed by atoms with Crippen molar-refractivity contribution in [2.24, 2.45) is 0 Å². The van der Waals surface area contributed by atoms with Crippen LogP contribution in [-0.4, -0.2) is 25.9 Å². The topological polar surface area (TPSA) is 69.2 Å². The van der Waals surface area contributed by atoms with Crippen LogP contribution in [0, 0.1) is 0 Å². The van der Waals surface area contributed by atoms with Gasteiger partial charge < -0.3 is 11.0 Å². The van der Waals surface area contributed by atoms with Gasteiger partial charge in [-0.3, -0.25) is 0 Å². The summed E-state index contributed by atoms with van der Waals surface area (Å²) in [7, 11) is 7.04. The molecule has 3 nitrogen and oxygen atoms in total. The summed E-state index contributed by atoms with van der Waals surface area (Å²) >= 11 is 5.69. The van der Waals surface area contributed by atoms with Gasteiger partial charge in [0.15, 0.2) is 0 Å². The number of halogens is 1. The smallest absolute Gasteiger partial charge is 0.870 e. The number of methoxy groups -OCH3 is 1. The summed E-state index contributed by atoms with van der Waals surface area (Å²) in [5.41, 5.74) is 0.572. The molecule has 1 aromatic rings. The minimum atomic E-state index is 0. The zero-order valence-electron chi connectivity index (χ0n) is 6.49. The quantitative estimate of drug-likeness (QED) is 0.609. The molecule has 1 aromatic carbocycles. The molecular formula is C7H8BClO3. The third-order valence-electron chi connectivity index (χ3n) is 1.21. The van der Waals surface area contributed by atoms with Gasteiger partial charge >= 0.3 is 65.7 Å². The van der Waals surface area contributed by atoms with Crippen molar-refractivity contribution in [3.05, 3.63) is 23.2 Å². The molecule has 1 rings (SSSR count). The van der Waals surface area contributed by atoms with Gasteiger partial charge in [-0.15, -0.1) is 0 Å². The van der Waals surface area contributed by atoms with Crippen LogP contribution in [-0.2, 0) is 0 Å². The summed E-state index contributed by atoms with van der Waals surface area (Å²) in [6, 6.07) is 5.15. The molecule has 0 fully saturated rings. The molecule has 12 heavy (non-hydrogen) atoms. The second kappa shape index (κ2) is 5.88. The van der Waals surface area contributed by atoms with E-state index in [1.165, 1.54) is 0 Å². The number of ether oxygens (including phenoxy) is 1. The molecule has 0 atom stereocenters. The summed E-state index contributed by atoms with van der Waals surface area (Å²) in [6.45, 7) is 0. The molecule has 0 unspecified atom stereocenters. The van der Waals surface area contributed by atoms with E-state index in [4.69, 9.17) is 24.2 Å². The molecule has 0 aliphatic heterocycles. The first-order chi connectivity index (χ1) is 4.74. The second-order valence-corrected chi connectivity index (χ2v) is 2.29. The molecule has 0 aromatic heterocycles. The summed E-state index contributed by atoms with van der Waals surface area (Å²) in [6.07, 6.45) is 0. The van der Waals surface area contributed by atoms with E-state index in [2.05, 4.69) is 0 Å². The van der Waals surface area contributed by atoms with E-state index in [1.54, 1.807) is 25.3 Å². The molecule has 0 amide bonds. The Labute approximate surface area is 77.3 Å². The molecule has 0 saturated carbocycles. The Bertz CT molecular complexity index is 242. The minimum absolute atomic E-state index is 0. The van der Waals surface area contributed by atoms with Crippen molar-refractivity contribution in [2.75, 3.05) is 7.11 Å². The predicted molar refractivity (Wildman–Crippen MR) is 47.3 cm³/mol. The fourth-order valence-electron chi connectivity index (χ4n) is 0.635. The van der Waals surface area contributed by atoms with Gasteiger partial charge in [0.05, 0.1) is 0 Å². The Kier molecular flexibility index (Phi) is 6.79. The number of hydrogen-bond donors (Lipinski definition) is 0. The Morgan fingerprint density at radius 1 is 1.33 bits per heavy atom. The Hall–Kier alpha value is -0.705. The van der Waals surface area contributed by atoms with E-state index in [0.29, 0.717) is 10.5 Å². The van der Waals surface area contributed by atoms with E-state index >= 15 is 0 Å². The fourth-order valence-corrected chi connectivity index (χ4v) is 0.805. The van der Waals surface area contributed by atoms with Crippen molar-refractivity contribution in [2.45, 2.75) is 0 Å². The van der Waals surface area contributed by atoms with Crippen LogP contribution < -0.4 is 10.2 Å². The molecule has 0 bridgehead atoms. The molecule has 5 heteroatoms. The van der Waals surface area contributed by atoms with Crippen LogP contribution in [0.15, 0.2) is 18.2 Å². The van der Waals surface area contributed by atoms with Crippen LogP contribution in [0.4, 0.5) is 0 Å². The molecule has 0 saturated heterocycles. The van der Waals surface area contributed by atoms with Crippen molar-refractivity contribution in [1.29, 1.82) is 0 Å². The summed E-state index contributed by atoms with van der Waals surface area (Å²) in [5.74, 6) is 0.721. The minimum Gasteiger partial charge on any atom is -0.870 e. The van der Waals surface area contributed by atoms with Crippen LogP contribution in [0.2, 0.25) is 5.02 Å². The Morgan fingerprint density at radius 3 is 2.33 bits per heavy atom. The van der Waals surface area contributed by atoms with Crippen molar-refractivity contribution in [1.82, 2.24) is 0 Å². The molecule has 0 spiro atoms. The van der Waals surface area contributed by atoms with Gasteiger partial charge in [-0.2, -0.15) is 0 Å². The van der Waals surface area contributed by atoms with E-state index < -0.39 is 0 Å². The largest absolute Gasteiger partial charge is 0.870 e. The summed E-state index contributed by atoms with van der Waals surface area (Å²) < 4.78 is 4.91. The Morgan fingerprint density at radius 2 is 1.92 bits per heavy atom. The average Bonchev–Trinajstić information content (AvgIpc) is 1.95. The third-order valence-corrected chi connectivity index (χ3v) is 1.53. The number of benzene rings is 1. The molecule has 0 aliphatic carbocycles. The van der Waals surface area contributed by atoms with E-state index in [9.17, 15) is 0 Å². The maximum Gasteiger partial charge on any atom is -0.870 e. The van der Waals surface area contributed by atoms with Crippen LogP contribution in [0.5, 0.6) is 5.75 Å². The zero-order valence-corrected chi connectivity index (χ0v) is 7.25. The molecular weight excluding hydrogens is 178 g/mol. The number of hydrogen-bond acceptors (Lipinski definition) is 3. The van der Waals surface area contributed by atoms with Crippen LogP contribution >= 0.6 is 11.6 Å². The van der Waals surface area contributed by atoms with Crippen molar-refractivity contribution >= 4 is 24.9 Å². The van der Waals surface area contributed by atoms with Gasteiger partial charge in [-0.05, 0) is 0 Å². The monoisotopic (exact) mass is 186 g/mol. The molecule has 0 heterocycles. The predicted octanol–water partition coefficient (Wildman–Crippen LogP) is 0.789. The van der Waals surface area contributed by atoms with Crippen LogP contribution in [0.1, 0.15) is 0 Å². The van der Waals surface area contributed by atoms with Crippen LogP contribution in [0.3, 0.4) is 0 Å². The molecule has 64 valence electrons. The fraction of sp³-hybridized carbons (Fsp3) is 0.143. The second-order valence-electron chi connectivity index (χ2n) is 1.89. The van der Waals surface area contributed by atoms with Gasteiger partial charge in [0, 0.05) is 0 Å². The first kappa shape index (κ1) is 13.9. The van der Waals surface area contributed by atoms with Gasteiger partial charge in [0.25, 0.3) is 0 Å². The molecule has 0 aliphatic rings. The first-order valence-corrected chi connectivity index (χ1v) is 3.21. The maximum absolute atomic E-state index is 5.69. The normalized spacial score (nSPS) is 8.00. The Balaban J connectivity index is 0. The van der Waals surface area contributed by atoms with Gasteiger partial charge in [-0.25, -0.2) is 0 Å². The number of rotatable bonds is 1.